The average molecular weight is 235 g/mol. The van der Waals surface area contributed by atoms with Gasteiger partial charge in [0.2, 0.25) is 0 Å². The maximum Gasteiger partial charge on any atom is 0.0610 e. The van der Waals surface area contributed by atoms with Gasteiger partial charge in [-0.2, -0.15) is 0 Å². The minimum Gasteiger partial charge on any atom is -0.396 e. The fourth-order valence-corrected chi connectivity index (χ4v) is 2.21. The summed E-state index contributed by atoms with van der Waals surface area (Å²) in [6.07, 6.45) is 4.40. The van der Waals surface area contributed by atoms with E-state index >= 15 is 0 Å². The monoisotopic (exact) mass is 235 g/mol. The molecule has 0 heterocycles. The molecule has 0 unspecified atom stereocenters. The molecule has 3 nitrogen and oxygen atoms in total. The van der Waals surface area contributed by atoms with Gasteiger partial charge in [0.05, 0.1) is 6.10 Å². The van der Waals surface area contributed by atoms with Crippen LogP contribution in [0.1, 0.15) is 24.8 Å². The standard InChI is InChI=1S/C14H21NO2/c1-17-14-9-13(10-14)15-12-6-2-4-11(8-12)5-3-7-16/h2,4,6,8,13-16H,3,5,7,9-10H2,1H3. The lowest BCUT2D eigenvalue weighted by Crippen LogP contribution is -2.40. The molecule has 0 saturated heterocycles. The Hall–Kier alpha value is -1.06. The first-order valence-corrected chi connectivity index (χ1v) is 6.31. The van der Waals surface area contributed by atoms with Crippen molar-refractivity contribution in [2.24, 2.45) is 0 Å². The number of aliphatic hydroxyl groups excluding tert-OH is 1. The molecule has 1 aromatic carbocycles. The molecule has 0 spiro atoms. The average Bonchev–Trinajstić information content (AvgIpc) is 2.31. The Morgan fingerprint density at radius 2 is 2.24 bits per heavy atom. The molecule has 94 valence electrons. The molecular formula is C14H21NO2. The van der Waals surface area contributed by atoms with Gasteiger partial charge in [-0.05, 0) is 43.4 Å². The summed E-state index contributed by atoms with van der Waals surface area (Å²) in [5.74, 6) is 0. The van der Waals surface area contributed by atoms with Crippen LogP contribution in [0.5, 0.6) is 0 Å². The number of rotatable bonds is 6. The van der Waals surface area contributed by atoms with Crippen molar-refractivity contribution in [3.8, 4) is 0 Å². The highest BCUT2D eigenvalue weighted by Gasteiger charge is 2.28. The Morgan fingerprint density at radius 3 is 2.94 bits per heavy atom. The van der Waals surface area contributed by atoms with Crippen molar-refractivity contribution in [2.45, 2.75) is 37.8 Å². The first kappa shape index (κ1) is 12.4. The van der Waals surface area contributed by atoms with Gasteiger partial charge in [-0.3, -0.25) is 0 Å². The van der Waals surface area contributed by atoms with Gasteiger partial charge in [0, 0.05) is 25.4 Å². The van der Waals surface area contributed by atoms with Crippen LogP contribution in [-0.4, -0.2) is 31.0 Å². The summed E-state index contributed by atoms with van der Waals surface area (Å²) >= 11 is 0. The molecule has 0 bridgehead atoms. The van der Waals surface area contributed by atoms with E-state index in [0.717, 1.165) is 25.7 Å². The Bertz CT molecular complexity index is 348. The van der Waals surface area contributed by atoms with Crippen molar-refractivity contribution < 1.29 is 9.84 Å². The van der Waals surface area contributed by atoms with Crippen molar-refractivity contribution in [3.05, 3.63) is 29.8 Å². The molecule has 1 fully saturated rings. The van der Waals surface area contributed by atoms with Crippen LogP contribution in [0.4, 0.5) is 5.69 Å². The zero-order valence-corrected chi connectivity index (χ0v) is 10.4. The molecule has 0 aliphatic heterocycles. The molecule has 1 aliphatic carbocycles. The smallest absolute Gasteiger partial charge is 0.0610 e. The topological polar surface area (TPSA) is 41.5 Å². The van der Waals surface area contributed by atoms with Crippen molar-refractivity contribution in [2.75, 3.05) is 19.0 Å². The van der Waals surface area contributed by atoms with Gasteiger partial charge in [0.1, 0.15) is 0 Å². The number of ether oxygens (including phenoxy) is 1. The van der Waals surface area contributed by atoms with E-state index in [9.17, 15) is 0 Å². The highest BCUT2D eigenvalue weighted by atomic mass is 16.5. The molecule has 2 rings (SSSR count). The summed E-state index contributed by atoms with van der Waals surface area (Å²) < 4.78 is 5.26. The lowest BCUT2D eigenvalue weighted by Gasteiger charge is -2.35. The van der Waals surface area contributed by atoms with Gasteiger partial charge >= 0.3 is 0 Å². The molecule has 3 heteroatoms. The molecule has 1 aliphatic rings. The molecule has 0 amide bonds. The van der Waals surface area contributed by atoms with Crippen LogP contribution in [0.3, 0.4) is 0 Å². The fourth-order valence-electron chi connectivity index (χ4n) is 2.21. The first-order chi connectivity index (χ1) is 8.31. The van der Waals surface area contributed by atoms with E-state index in [1.165, 1.54) is 11.3 Å². The summed E-state index contributed by atoms with van der Waals surface area (Å²) in [7, 11) is 1.77. The zero-order valence-electron chi connectivity index (χ0n) is 10.4. The van der Waals surface area contributed by atoms with Crippen LogP contribution in [0.2, 0.25) is 0 Å². The summed E-state index contributed by atoms with van der Waals surface area (Å²) in [4.78, 5) is 0. The van der Waals surface area contributed by atoms with Crippen LogP contribution in [0.15, 0.2) is 24.3 Å². The van der Waals surface area contributed by atoms with Crippen LogP contribution in [-0.2, 0) is 11.2 Å². The van der Waals surface area contributed by atoms with E-state index in [1.54, 1.807) is 7.11 Å². The van der Waals surface area contributed by atoms with E-state index in [-0.39, 0.29) is 6.61 Å². The van der Waals surface area contributed by atoms with Crippen LogP contribution < -0.4 is 5.32 Å². The largest absolute Gasteiger partial charge is 0.396 e. The quantitative estimate of drug-likeness (QED) is 0.794. The maximum absolute atomic E-state index is 8.82. The molecule has 2 N–H and O–H groups in total. The Kier molecular flexibility index (Phi) is 4.40. The predicted molar refractivity (Wildman–Crippen MR) is 69.3 cm³/mol. The van der Waals surface area contributed by atoms with Crippen LogP contribution >= 0.6 is 0 Å². The summed E-state index contributed by atoms with van der Waals surface area (Å²) in [5, 5.41) is 12.3. The number of aliphatic hydroxyl groups is 1. The molecule has 0 aromatic heterocycles. The summed E-state index contributed by atoms with van der Waals surface area (Å²) in [6, 6.07) is 9.01. The summed E-state index contributed by atoms with van der Waals surface area (Å²) in [5.41, 5.74) is 2.46. The lowest BCUT2D eigenvalue weighted by atomic mass is 9.89. The second-order valence-electron chi connectivity index (χ2n) is 4.70. The predicted octanol–water partition coefficient (Wildman–Crippen LogP) is 2.20. The number of aryl methyl sites for hydroxylation is 1. The van der Waals surface area contributed by atoms with Crippen molar-refractivity contribution >= 4 is 5.69 Å². The van der Waals surface area contributed by atoms with Crippen LogP contribution in [0, 0.1) is 0 Å². The highest BCUT2D eigenvalue weighted by molar-refractivity contribution is 5.47. The van der Waals surface area contributed by atoms with E-state index in [1.807, 2.05) is 0 Å². The van der Waals surface area contributed by atoms with Crippen molar-refractivity contribution in [1.82, 2.24) is 0 Å². The van der Waals surface area contributed by atoms with Gasteiger partial charge in [-0.15, -0.1) is 0 Å². The normalized spacial score (nSPS) is 23.2. The van der Waals surface area contributed by atoms with Crippen LogP contribution in [0.25, 0.3) is 0 Å². The van der Waals surface area contributed by atoms with Gasteiger partial charge in [-0.1, -0.05) is 12.1 Å². The fraction of sp³-hybridized carbons (Fsp3) is 0.571. The van der Waals surface area contributed by atoms with E-state index < -0.39 is 0 Å². The van der Waals surface area contributed by atoms with Gasteiger partial charge in [-0.25, -0.2) is 0 Å². The van der Waals surface area contributed by atoms with E-state index in [0.29, 0.717) is 12.1 Å². The molecule has 0 atom stereocenters. The summed E-state index contributed by atoms with van der Waals surface area (Å²) in [6.45, 7) is 0.260. The SMILES string of the molecule is COC1CC(Nc2cccc(CCCO)c2)C1. The molecule has 1 saturated carbocycles. The van der Waals surface area contributed by atoms with Gasteiger partial charge in [0.25, 0.3) is 0 Å². The number of hydrogen-bond acceptors (Lipinski definition) is 3. The minimum absolute atomic E-state index is 0.260. The first-order valence-electron chi connectivity index (χ1n) is 6.31. The van der Waals surface area contributed by atoms with E-state index in [4.69, 9.17) is 9.84 Å². The third kappa shape index (κ3) is 3.45. The van der Waals surface area contributed by atoms with Crippen molar-refractivity contribution in [1.29, 1.82) is 0 Å². The Labute approximate surface area is 103 Å². The number of nitrogens with one attached hydrogen (secondary N) is 1. The Balaban J connectivity index is 1.84. The highest BCUT2D eigenvalue weighted by Crippen LogP contribution is 2.26. The number of anilines is 1. The number of hydrogen-bond donors (Lipinski definition) is 2. The van der Waals surface area contributed by atoms with Gasteiger partial charge < -0.3 is 15.2 Å². The zero-order chi connectivity index (χ0) is 12.1. The van der Waals surface area contributed by atoms with Gasteiger partial charge in [0.15, 0.2) is 0 Å². The lowest BCUT2D eigenvalue weighted by molar-refractivity contribution is 0.0329. The number of methoxy groups -OCH3 is 1. The third-order valence-corrected chi connectivity index (χ3v) is 3.35. The maximum atomic E-state index is 8.82. The molecule has 17 heavy (non-hydrogen) atoms. The molecule has 1 aromatic rings. The van der Waals surface area contributed by atoms with Crippen molar-refractivity contribution in [3.63, 3.8) is 0 Å². The third-order valence-electron chi connectivity index (χ3n) is 3.35. The molecular weight excluding hydrogens is 214 g/mol. The Morgan fingerprint density at radius 1 is 1.41 bits per heavy atom. The van der Waals surface area contributed by atoms with E-state index in [2.05, 4.69) is 29.6 Å². The molecule has 0 radical (unpaired) electrons. The second-order valence-corrected chi connectivity index (χ2v) is 4.70. The number of benzene rings is 1. The second kappa shape index (κ2) is 6.03. The minimum atomic E-state index is 0.260.